The molecule has 3 aliphatic rings. The van der Waals surface area contributed by atoms with Crippen LogP contribution < -0.4 is 0 Å². The van der Waals surface area contributed by atoms with Gasteiger partial charge in [0.25, 0.3) is 0 Å². The lowest BCUT2D eigenvalue weighted by molar-refractivity contribution is -0.151. The highest BCUT2D eigenvalue weighted by molar-refractivity contribution is 5.72. The van der Waals surface area contributed by atoms with Gasteiger partial charge in [0.05, 0.1) is 30.8 Å². The molecule has 1 saturated heterocycles. The van der Waals surface area contributed by atoms with E-state index in [-0.39, 0.29) is 18.0 Å². The summed E-state index contributed by atoms with van der Waals surface area (Å²) >= 11 is 0. The molecule has 0 amide bonds. The summed E-state index contributed by atoms with van der Waals surface area (Å²) in [5.41, 5.74) is 0. The van der Waals surface area contributed by atoms with Gasteiger partial charge < -0.3 is 14.6 Å². The van der Waals surface area contributed by atoms with E-state index in [2.05, 4.69) is 6.92 Å². The molecule has 0 spiro atoms. The third-order valence-electron chi connectivity index (χ3n) is 5.06. The highest BCUT2D eigenvalue weighted by Gasteiger charge is 2.46. The molecule has 3 fully saturated rings. The van der Waals surface area contributed by atoms with Crippen molar-refractivity contribution in [3.05, 3.63) is 0 Å². The minimum atomic E-state index is -0.229. The van der Waals surface area contributed by atoms with Crippen LogP contribution in [0, 0.1) is 17.8 Å². The van der Waals surface area contributed by atoms with E-state index < -0.39 is 0 Å². The number of fused-ring (bicyclic) bond motifs is 1. The molecule has 0 aromatic carbocycles. The number of carbonyl (C=O) groups is 1. The largest absolute Gasteiger partial charge is 0.465 e. The van der Waals surface area contributed by atoms with Gasteiger partial charge in [0.15, 0.2) is 0 Å². The first-order valence-electron chi connectivity index (χ1n) is 7.63. The summed E-state index contributed by atoms with van der Waals surface area (Å²) in [6.45, 7) is 2.56. The molecule has 0 radical (unpaired) electrons. The fourth-order valence-corrected chi connectivity index (χ4v) is 3.47. The van der Waals surface area contributed by atoms with Gasteiger partial charge in [0.1, 0.15) is 0 Å². The molecule has 4 heteroatoms. The molecule has 108 valence electrons. The van der Waals surface area contributed by atoms with E-state index >= 15 is 0 Å². The molecular formula is C15H24O4. The van der Waals surface area contributed by atoms with Crippen molar-refractivity contribution < 1.29 is 19.4 Å². The van der Waals surface area contributed by atoms with E-state index in [4.69, 9.17) is 9.47 Å². The second kappa shape index (κ2) is 5.41. The topological polar surface area (TPSA) is 59.1 Å². The van der Waals surface area contributed by atoms with Gasteiger partial charge in [-0.2, -0.15) is 0 Å². The molecule has 1 N–H and O–H groups in total. The molecule has 1 aliphatic heterocycles. The molecule has 19 heavy (non-hydrogen) atoms. The minimum absolute atomic E-state index is 0.0381. The SMILES string of the molecule is C[C@H]1CCC(COC(=O)C2CCC3OC3C2)CC1O. The van der Waals surface area contributed by atoms with Crippen molar-refractivity contribution in [1.82, 2.24) is 0 Å². The fourth-order valence-electron chi connectivity index (χ4n) is 3.47. The number of rotatable bonds is 3. The van der Waals surface area contributed by atoms with Crippen LogP contribution >= 0.6 is 0 Å². The van der Waals surface area contributed by atoms with Crippen LogP contribution in [0.4, 0.5) is 0 Å². The average molecular weight is 268 g/mol. The molecule has 2 saturated carbocycles. The second-order valence-corrected chi connectivity index (χ2v) is 6.58. The molecule has 4 nitrogen and oxygen atoms in total. The molecule has 3 rings (SSSR count). The standard InChI is InChI=1S/C15H24O4/c1-9-2-3-10(6-12(9)16)8-18-15(17)11-4-5-13-14(7-11)19-13/h9-14,16H,2-8H2,1H3/t9-,10?,11?,12?,13?,14?/m0/s1. The van der Waals surface area contributed by atoms with Crippen molar-refractivity contribution in [1.29, 1.82) is 0 Å². The third-order valence-corrected chi connectivity index (χ3v) is 5.06. The van der Waals surface area contributed by atoms with Gasteiger partial charge in [-0.25, -0.2) is 0 Å². The predicted octanol–water partition coefficient (Wildman–Crippen LogP) is 1.89. The monoisotopic (exact) mass is 268 g/mol. The first-order chi connectivity index (χ1) is 9.13. The quantitative estimate of drug-likeness (QED) is 0.627. The number of hydrogen-bond donors (Lipinski definition) is 1. The van der Waals surface area contributed by atoms with Crippen molar-refractivity contribution in [2.45, 2.75) is 63.8 Å². The van der Waals surface area contributed by atoms with Gasteiger partial charge >= 0.3 is 5.97 Å². The molecule has 2 aliphatic carbocycles. The second-order valence-electron chi connectivity index (χ2n) is 6.58. The smallest absolute Gasteiger partial charge is 0.309 e. The highest BCUT2D eigenvalue weighted by atomic mass is 16.6. The summed E-state index contributed by atoms with van der Waals surface area (Å²) < 4.78 is 10.9. The Morgan fingerprint density at radius 2 is 2.05 bits per heavy atom. The zero-order valence-corrected chi connectivity index (χ0v) is 11.6. The number of esters is 1. The number of aliphatic hydroxyl groups is 1. The lowest BCUT2D eigenvalue weighted by Gasteiger charge is -2.31. The number of carbonyl (C=O) groups excluding carboxylic acids is 1. The lowest BCUT2D eigenvalue weighted by Crippen LogP contribution is -2.31. The van der Waals surface area contributed by atoms with Crippen molar-refractivity contribution in [2.24, 2.45) is 17.8 Å². The van der Waals surface area contributed by atoms with Crippen LogP contribution in [0.5, 0.6) is 0 Å². The van der Waals surface area contributed by atoms with Crippen molar-refractivity contribution >= 4 is 5.97 Å². The first kappa shape index (κ1) is 13.4. The van der Waals surface area contributed by atoms with Crippen molar-refractivity contribution in [3.8, 4) is 0 Å². The normalized spacial score (nSPS) is 45.4. The Bertz CT molecular complexity index is 343. The van der Waals surface area contributed by atoms with Crippen LogP contribution in [-0.4, -0.2) is 36.0 Å². The molecule has 6 atom stereocenters. The molecule has 1 heterocycles. The minimum Gasteiger partial charge on any atom is -0.465 e. The van der Waals surface area contributed by atoms with Gasteiger partial charge in [0, 0.05) is 0 Å². The van der Waals surface area contributed by atoms with Crippen molar-refractivity contribution in [3.63, 3.8) is 0 Å². The van der Waals surface area contributed by atoms with E-state index in [0.29, 0.717) is 30.7 Å². The Hall–Kier alpha value is -0.610. The van der Waals surface area contributed by atoms with E-state index in [9.17, 15) is 9.90 Å². The van der Waals surface area contributed by atoms with Crippen LogP contribution in [0.25, 0.3) is 0 Å². The Labute approximate surface area is 114 Å². The zero-order valence-electron chi connectivity index (χ0n) is 11.6. The van der Waals surface area contributed by atoms with Crippen LogP contribution in [0.3, 0.4) is 0 Å². The van der Waals surface area contributed by atoms with Gasteiger partial charge in [-0.05, 0) is 50.4 Å². The van der Waals surface area contributed by atoms with E-state index in [0.717, 1.165) is 38.5 Å². The third kappa shape index (κ3) is 3.11. The maximum atomic E-state index is 12.0. The first-order valence-corrected chi connectivity index (χ1v) is 7.63. The molecule has 5 unspecified atom stereocenters. The Morgan fingerprint density at radius 1 is 1.21 bits per heavy atom. The number of aliphatic hydroxyl groups excluding tert-OH is 1. The summed E-state index contributed by atoms with van der Waals surface area (Å²) in [5, 5.41) is 9.85. The van der Waals surface area contributed by atoms with E-state index in [1.807, 2.05) is 0 Å². The zero-order chi connectivity index (χ0) is 13.4. The van der Waals surface area contributed by atoms with Crippen LogP contribution in [-0.2, 0) is 14.3 Å². The van der Waals surface area contributed by atoms with Gasteiger partial charge in [-0.15, -0.1) is 0 Å². The fraction of sp³-hybridized carbons (Fsp3) is 0.933. The Morgan fingerprint density at radius 3 is 2.79 bits per heavy atom. The van der Waals surface area contributed by atoms with Crippen LogP contribution in [0.1, 0.15) is 45.4 Å². The summed E-state index contributed by atoms with van der Waals surface area (Å²) in [4.78, 5) is 12.0. The Kier molecular flexibility index (Phi) is 3.81. The summed E-state index contributed by atoms with van der Waals surface area (Å²) in [6, 6.07) is 0. The van der Waals surface area contributed by atoms with Crippen LogP contribution in [0.2, 0.25) is 0 Å². The van der Waals surface area contributed by atoms with Gasteiger partial charge in [-0.3, -0.25) is 4.79 Å². The maximum Gasteiger partial charge on any atom is 0.309 e. The lowest BCUT2D eigenvalue weighted by atomic mass is 9.81. The highest BCUT2D eigenvalue weighted by Crippen LogP contribution is 2.40. The predicted molar refractivity (Wildman–Crippen MR) is 69.5 cm³/mol. The summed E-state index contributed by atoms with van der Waals surface area (Å²) in [7, 11) is 0. The Balaban J connectivity index is 1.40. The maximum absolute atomic E-state index is 12.0. The summed E-state index contributed by atoms with van der Waals surface area (Å²) in [5.74, 6) is 0.705. The average Bonchev–Trinajstić information content (AvgIpc) is 3.18. The summed E-state index contributed by atoms with van der Waals surface area (Å²) in [6.07, 6.45) is 6.14. The number of ether oxygens (including phenoxy) is 2. The van der Waals surface area contributed by atoms with Crippen LogP contribution in [0.15, 0.2) is 0 Å². The van der Waals surface area contributed by atoms with Crippen molar-refractivity contribution in [2.75, 3.05) is 6.61 Å². The van der Waals surface area contributed by atoms with Gasteiger partial charge in [0.2, 0.25) is 0 Å². The number of epoxide rings is 1. The van der Waals surface area contributed by atoms with E-state index in [1.54, 1.807) is 0 Å². The molecule has 0 aromatic heterocycles. The van der Waals surface area contributed by atoms with E-state index in [1.165, 1.54) is 0 Å². The van der Waals surface area contributed by atoms with Gasteiger partial charge in [-0.1, -0.05) is 6.92 Å². The molecule has 0 bridgehead atoms. The molecular weight excluding hydrogens is 244 g/mol. The number of hydrogen-bond acceptors (Lipinski definition) is 4. The molecule has 0 aromatic rings.